The molecule has 2 aromatic rings. The van der Waals surface area contributed by atoms with Crippen molar-refractivity contribution in [1.29, 1.82) is 5.26 Å². The predicted molar refractivity (Wildman–Crippen MR) is 105 cm³/mol. The van der Waals surface area contributed by atoms with Gasteiger partial charge in [-0.3, -0.25) is 9.59 Å². The molecule has 0 aliphatic rings. The number of ether oxygens (including phenoxy) is 1. The fourth-order valence-corrected chi connectivity index (χ4v) is 2.80. The molecule has 0 heterocycles. The minimum Gasteiger partial charge on any atom is -0.483 e. The molecular formula is C20H18BrN3O3. The van der Waals surface area contributed by atoms with Gasteiger partial charge in [-0.1, -0.05) is 36.4 Å². The van der Waals surface area contributed by atoms with Crippen molar-refractivity contribution in [3.63, 3.8) is 0 Å². The van der Waals surface area contributed by atoms with Crippen LogP contribution in [0.4, 0.5) is 0 Å². The molecule has 0 radical (unpaired) electrons. The molecule has 6 nitrogen and oxygen atoms in total. The summed E-state index contributed by atoms with van der Waals surface area (Å²) in [7, 11) is 0. The van der Waals surface area contributed by atoms with Crippen molar-refractivity contribution in [3.8, 4) is 11.8 Å². The van der Waals surface area contributed by atoms with Gasteiger partial charge in [-0.2, -0.15) is 5.26 Å². The van der Waals surface area contributed by atoms with E-state index >= 15 is 0 Å². The van der Waals surface area contributed by atoms with Crippen molar-refractivity contribution < 1.29 is 14.3 Å². The Morgan fingerprint density at radius 2 is 2.00 bits per heavy atom. The average Bonchev–Trinajstić information content (AvgIpc) is 2.65. The normalized spacial score (nSPS) is 12.0. The first-order valence-corrected chi connectivity index (χ1v) is 8.88. The Hall–Kier alpha value is -3.11. The van der Waals surface area contributed by atoms with Crippen LogP contribution >= 0.6 is 15.9 Å². The number of amides is 2. The molecule has 7 heteroatoms. The Morgan fingerprint density at radius 3 is 2.59 bits per heavy atom. The molecule has 2 amide bonds. The first-order chi connectivity index (χ1) is 12.9. The van der Waals surface area contributed by atoms with Crippen LogP contribution in [0.5, 0.6) is 5.75 Å². The minimum absolute atomic E-state index is 0.0181. The second kappa shape index (κ2) is 9.55. The smallest absolute Gasteiger partial charge is 0.262 e. The van der Waals surface area contributed by atoms with Crippen LogP contribution in [0.3, 0.4) is 0 Å². The molecule has 0 aliphatic heterocycles. The molecule has 0 fully saturated rings. The highest BCUT2D eigenvalue weighted by Crippen LogP contribution is 2.27. The van der Waals surface area contributed by atoms with Gasteiger partial charge in [-0.05, 0) is 52.2 Å². The highest BCUT2D eigenvalue weighted by Gasteiger charge is 2.14. The van der Waals surface area contributed by atoms with Gasteiger partial charge in [-0.25, -0.2) is 0 Å². The molecule has 0 unspecified atom stereocenters. The van der Waals surface area contributed by atoms with Gasteiger partial charge in [0, 0.05) is 0 Å². The first kappa shape index (κ1) is 20.2. The molecule has 0 spiro atoms. The van der Waals surface area contributed by atoms with E-state index in [1.807, 2.05) is 43.3 Å². The summed E-state index contributed by atoms with van der Waals surface area (Å²) in [6.45, 7) is 1.61. The van der Waals surface area contributed by atoms with Crippen molar-refractivity contribution in [1.82, 2.24) is 5.32 Å². The van der Waals surface area contributed by atoms with E-state index in [9.17, 15) is 14.9 Å². The monoisotopic (exact) mass is 427 g/mol. The Labute approximate surface area is 165 Å². The molecule has 27 heavy (non-hydrogen) atoms. The van der Waals surface area contributed by atoms with Crippen LogP contribution in [-0.2, 0) is 9.59 Å². The van der Waals surface area contributed by atoms with Crippen LogP contribution in [0.25, 0.3) is 6.08 Å². The number of hydrogen-bond donors (Lipinski definition) is 2. The molecule has 0 bridgehead atoms. The number of halogens is 1. The Bertz CT molecular complexity index is 904. The maximum absolute atomic E-state index is 12.4. The summed E-state index contributed by atoms with van der Waals surface area (Å²) < 4.78 is 5.82. The quantitative estimate of drug-likeness (QED) is 0.522. The molecule has 3 N–H and O–H groups in total. The van der Waals surface area contributed by atoms with E-state index in [1.54, 1.807) is 18.2 Å². The summed E-state index contributed by atoms with van der Waals surface area (Å²) in [5.74, 6) is -0.604. The fourth-order valence-electron chi connectivity index (χ4n) is 2.29. The van der Waals surface area contributed by atoms with Crippen LogP contribution in [0.15, 0.2) is 58.6 Å². The maximum atomic E-state index is 12.4. The van der Waals surface area contributed by atoms with Crippen molar-refractivity contribution >= 4 is 33.8 Å². The lowest BCUT2D eigenvalue weighted by Gasteiger charge is -2.13. The number of rotatable bonds is 7. The zero-order valence-electron chi connectivity index (χ0n) is 14.6. The number of nitriles is 1. The third kappa shape index (κ3) is 5.97. The second-order valence-electron chi connectivity index (χ2n) is 5.72. The number of nitrogens with two attached hydrogens (primary N) is 1. The summed E-state index contributed by atoms with van der Waals surface area (Å²) in [5, 5.41) is 12.2. The number of hydrogen-bond acceptors (Lipinski definition) is 4. The summed E-state index contributed by atoms with van der Waals surface area (Å²) >= 11 is 3.33. The summed E-state index contributed by atoms with van der Waals surface area (Å²) in [6, 6.07) is 16.2. The largest absolute Gasteiger partial charge is 0.483 e. The van der Waals surface area contributed by atoms with E-state index in [4.69, 9.17) is 10.5 Å². The number of nitrogens with one attached hydrogen (secondary N) is 1. The average molecular weight is 428 g/mol. The van der Waals surface area contributed by atoms with E-state index in [-0.39, 0.29) is 18.2 Å². The maximum Gasteiger partial charge on any atom is 0.262 e. The van der Waals surface area contributed by atoms with Crippen LogP contribution in [0, 0.1) is 11.3 Å². The topological polar surface area (TPSA) is 105 Å². The van der Waals surface area contributed by atoms with Crippen LogP contribution in [-0.4, -0.2) is 18.4 Å². The lowest BCUT2D eigenvalue weighted by molar-refractivity contribution is -0.120. The van der Waals surface area contributed by atoms with Crippen molar-refractivity contribution in [3.05, 3.63) is 69.7 Å². The van der Waals surface area contributed by atoms with E-state index in [0.717, 1.165) is 5.56 Å². The Kier molecular flexibility index (Phi) is 7.15. The molecular weight excluding hydrogens is 410 g/mol. The Balaban J connectivity index is 2.13. The van der Waals surface area contributed by atoms with Gasteiger partial charge in [-0.15, -0.1) is 0 Å². The zero-order chi connectivity index (χ0) is 19.8. The Morgan fingerprint density at radius 1 is 1.30 bits per heavy atom. The van der Waals surface area contributed by atoms with E-state index in [0.29, 0.717) is 15.8 Å². The van der Waals surface area contributed by atoms with Gasteiger partial charge >= 0.3 is 0 Å². The lowest BCUT2D eigenvalue weighted by atomic mass is 10.1. The highest BCUT2D eigenvalue weighted by atomic mass is 79.9. The molecule has 2 aromatic carbocycles. The van der Waals surface area contributed by atoms with Crippen LogP contribution in [0.2, 0.25) is 0 Å². The summed E-state index contributed by atoms with van der Waals surface area (Å²) in [4.78, 5) is 23.2. The van der Waals surface area contributed by atoms with E-state index < -0.39 is 11.8 Å². The first-order valence-electron chi connectivity index (χ1n) is 8.09. The highest BCUT2D eigenvalue weighted by molar-refractivity contribution is 9.10. The second-order valence-corrected chi connectivity index (χ2v) is 6.57. The van der Waals surface area contributed by atoms with E-state index in [2.05, 4.69) is 21.2 Å². The van der Waals surface area contributed by atoms with Gasteiger partial charge in [0.05, 0.1) is 10.5 Å². The predicted octanol–water partition coefficient (Wildman–Crippen LogP) is 3.10. The SMILES string of the molecule is C[C@@H](NC(=O)/C(C#N)=C/c1ccc(OCC(N)=O)c(Br)c1)c1ccccc1. The number of primary amides is 1. The molecule has 1 atom stereocenters. The van der Waals surface area contributed by atoms with Gasteiger partial charge in [0.25, 0.3) is 11.8 Å². The van der Waals surface area contributed by atoms with Gasteiger partial charge < -0.3 is 15.8 Å². The third-order valence-corrected chi connectivity index (χ3v) is 4.27. The number of benzene rings is 2. The molecule has 2 rings (SSSR count). The lowest BCUT2D eigenvalue weighted by Crippen LogP contribution is -2.27. The molecule has 0 saturated carbocycles. The molecule has 0 aromatic heterocycles. The van der Waals surface area contributed by atoms with Crippen molar-refractivity contribution in [2.45, 2.75) is 13.0 Å². The number of nitrogens with zero attached hydrogens (tertiary/aromatic N) is 1. The molecule has 0 aliphatic carbocycles. The minimum atomic E-state index is -0.582. The van der Waals surface area contributed by atoms with Crippen molar-refractivity contribution in [2.24, 2.45) is 5.73 Å². The van der Waals surface area contributed by atoms with Gasteiger partial charge in [0.2, 0.25) is 0 Å². The summed E-state index contributed by atoms with van der Waals surface area (Å²) in [6.07, 6.45) is 1.48. The number of carbonyl (C=O) groups excluding carboxylic acids is 2. The zero-order valence-corrected chi connectivity index (χ0v) is 16.2. The van der Waals surface area contributed by atoms with Gasteiger partial charge in [0.15, 0.2) is 6.61 Å². The van der Waals surface area contributed by atoms with Gasteiger partial charge in [0.1, 0.15) is 17.4 Å². The fraction of sp³-hybridized carbons (Fsp3) is 0.150. The van der Waals surface area contributed by atoms with Crippen LogP contribution < -0.4 is 15.8 Å². The van der Waals surface area contributed by atoms with Crippen LogP contribution in [0.1, 0.15) is 24.1 Å². The van der Waals surface area contributed by atoms with E-state index in [1.165, 1.54) is 6.08 Å². The molecule has 138 valence electrons. The number of carbonyl (C=O) groups is 2. The van der Waals surface area contributed by atoms with Crippen molar-refractivity contribution in [2.75, 3.05) is 6.61 Å². The standard InChI is InChI=1S/C20H18BrN3O3/c1-13(15-5-3-2-4-6-15)24-20(26)16(11-22)9-14-7-8-18(17(21)10-14)27-12-19(23)25/h2-10,13H,12H2,1H3,(H2,23,25)(H,24,26)/b16-9+/t13-/m1/s1. The summed E-state index contributed by atoms with van der Waals surface area (Å²) in [5.41, 5.74) is 6.61. The molecule has 0 saturated heterocycles. The third-order valence-electron chi connectivity index (χ3n) is 3.65.